The number of carbonyl (C=O) groups excluding carboxylic acids is 1. The van der Waals surface area contributed by atoms with Crippen molar-refractivity contribution in [1.82, 2.24) is 14.7 Å². The Hall–Kier alpha value is -1.40. The first-order chi connectivity index (χ1) is 10.5. The first-order valence-electron chi connectivity index (χ1n) is 8.31. The van der Waals surface area contributed by atoms with Crippen LogP contribution < -0.4 is 11.1 Å². The van der Waals surface area contributed by atoms with Gasteiger partial charge < -0.3 is 11.1 Å². The summed E-state index contributed by atoms with van der Waals surface area (Å²) in [6.45, 7) is 12.8. The third-order valence-corrected chi connectivity index (χ3v) is 4.67. The van der Waals surface area contributed by atoms with Crippen molar-refractivity contribution in [2.24, 2.45) is 18.2 Å². The number of carbonyl (C=O) groups is 1. The number of hydrogen-bond acceptors (Lipinski definition) is 4. The predicted molar refractivity (Wildman–Crippen MR) is 93.4 cm³/mol. The lowest BCUT2D eigenvalue weighted by atomic mass is 9.80. The van der Waals surface area contributed by atoms with Crippen LogP contribution in [0.3, 0.4) is 0 Å². The van der Waals surface area contributed by atoms with Crippen molar-refractivity contribution in [3.8, 4) is 0 Å². The number of aromatic nitrogens is 2. The Bertz CT molecular complexity index is 570. The number of likely N-dealkylation sites (tertiary alicyclic amines) is 1. The zero-order valence-corrected chi connectivity index (χ0v) is 15.3. The maximum absolute atomic E-state index is 12.4. The van der Waals surface area contributed by atoms with Crippen LogP contribution >= 0.6 is 0 Å². The molecule has 1 aromatic rings. The van der Waals surface area contributed by atoms with Gasteiger partial charge in [0.05, 0.1) is 12.2 Å². The van der Waals surface area contributed by atoms with Crippen LogP contribution in [0.5, 0.6) is 0 Å². The van der Waals surface area contributed by atoms with Gasteiger partial charge in [-0.15, -0.1) is 0 Å². The normalized spacial score (nSPS) is 22.1. The fourth-order valence-electron chi connectivity index (χ4n) is 2.96. The minimum absolute atomic E-state index is 0.000249. The Kier molecular flexibility index (Phi) is 4.87. The first-order valence-corrected chi connectivity index (χ1v) is 8.31. The molecule has 23 heavy (non-hydrogen) atoms. The molecule has 0 saturated carbocycles. The number of anilines is 1. The second-order valence-corrected chi connectivity index (χ2v) is 8.43. The molecular weight excluding hydrogens is 290 g/mol. The Balaban J connectivity index is 1.97. The SMILES string of the molecule is Cn1nc(C(C)(C)C)cc1NC(=O)CN1CCC(N)C(C)(C)C1. The van der Waals surface area contributed by atoms with E-state index in [1.807, 2.05) is 13.1 Å². The molecule has 1 amide bonds. The molecule has 0 aromatic carbocycles. The molecule has 6 heteroatoms. The van der Waals surface area contributed by atoms with Gasteiger partial charge in [-0.1, -0.05) is 34.6 Å². The molecule has 1 aromatic heterocycles. The van der Waals surface area contributed by atoms with E-state index in [4.69, 9.17) is 5.73 Å². The second-order valence-electron chi connectivity index (χ2n) is 8.43. The van der Waals surface area contributed by atoms with Crippen molar-refractivity contribution >= 4 is 11.7 Å². The molecule has 2 heterocycles. The average molecular weight is 321 g/mol. The van der Waals surface area contributed by atoms with Crippen LogP contribution in [-0.2, 0) is 17.3 Å². The molecule has 6 nitrogen and oxygen atoms in total. The molecule has 1 fully saturated rings. The monoisotopic (exact) mass is 321 g/mol. The van der Waals surface area contributed by atoms with Gasteiger partial charge >= 0.3 is 0 Å². The molecule has 1 atom stereocenters. The molecule has 1 saturated heterocycles. The highest BCUT2D eigenvalue weighted by Gasteiger charge is 2.34. The van der Waals surface area contributed by atoms with Gasteiger partial charge in [0.15, 0.2) is 0 Å². The smallest absolute Gasteiger partial charge is 0.239 e. The predicted octanol–water partition coefficient (Wildman–Crippen LogP) is 1.72. The van der Waals surface area contributed by atoms with Crippen LogP contribution in [0, 0.1) is 5.41 Å². The first kappa shape index (κ1) is 17.9. The number of nitrogens with two attached hydrogens (primary N) is 1. The van der Waals surface area contributed by atoms with E-state index in [1.54, 1.807) is 4.68 Å². The van der Waals surface area contributed by atoms with Crippen molar-refractivity contribution < 1.29 is 4.79 Å². The fraction of sp³-hybridized carbons (Fsp3) is 0.765. The number of aryl methyl sites for hydroxylation is 1. The highest BCUT2D eigenvalue weighted by Crippen LogP contribution is 2.27. The van der Waals surface area contributed by atoms with Crippen molar-refractivity contribution in [3.05, 3.63) is 11.8 Å². The Morgan fingerprint density at radius 3 is 2.65 bits per heavy atom. The van der Waals surface area contributed by atoms with Crippen LogP contribution in [-0.4, -0.2) is 46.3 Å². The number of nitrogens with zero attached hydrogens (tertiary/aromatic N) is 3. The van der Waals surface area contributed by atoms with Gasteiger partial charge in [-0.2, -0.15) is 5.10 Å². The van der Waals surface area contributed by atoms with Crippen molar-refractivity contribution in [1.29, 1.82) is 0 Å². The zero-order valence-electron chi connectivity index (χ0n) is 15.3. The van der Waals surface area contributed by atoms with Gasteiger partial charge in [0.25, 0.3) is 0 Å². The van der Waals surface area contributed by atoms with E-state index < -0.39 is 0 Å². The summed E-state index contributed by atoms with van der Waals surface area (Å²) in [4.78, 5) is 14.5. The van der Waals surface area contributed by atoms with E-state index in [0.29, 0.717) is 6.54 Å². The largest absolute Gasteiger partial charge is 0.327 e. The summed E-state index contributed by atoms with van der Waals surface area (Å²) >= 11 is 0. The van der Waals surface area contributed by atoms with Crippen LogP contribution in [0.25, 0.3) is 0 Å². The van der Waals surface area contributed by atoms with Crippen molar-refractivity contribution in [2.75, 3.05) is 25.0 Å². The van der Waals surface area contributed by atoms with Gasteiger partial charge in [0, 0.05) is 37.7 Å². The third kappa shape index (κ3) is 4.32. The minimum Gasteiger partial charge on any atom is -0.327 e. The van der Waals surface area contributed by atoms with E-state index >= 15 is 0 Å². The summed E-state index contributed by atoms with van der Waals surface area (Å²) in [5.74, 6) is 0.743. The van der Waals surface area contributed by atoms with Gasteiger partial charge in [-0.25, -0.2) is 0 Å². The van der Waals surface area contributed by atoms with E-state index in [-0.39, 0.29) is 22.8 Å². The molecule has 3 N–H and O–H groups in total. The number of rotatable bonds is 3. The van der Waals surface area contributed by atoms with Crippen molar-refractivity contribution in [3.63, 3.8) is 0 Å². The van der Waals surface area contributed by atoms with Crippen LogP contribution in [0.15, 0.2) is 6.07 Å². The van der Waals surface area contributed by atoms with Gasteiger partial charge in [-0.05, 0) is 11.8 Å². The molecule has 1 aliphatic rings. The maximum atomic E-state index is 12.4. The lowest BCUT2D eigenvalue weighted by Crippen LogP contribution is -2.53. The summed E-state index contributed by atoms with van der Waals surface area (Å²) in [5.41, 5.74) is 7.14. The Labute approximate surface area is 139 Å². The highest BCUT2D eigenvalue weighted by atomic mass is 16.2. The van der Waals surface area contributed by atoms with Gasteiger partial charge in [0.1, 0.15) is 5.82 Å². The van der Waals surface area contributed by atoms with Crippen LogP contribution in [0.4, 0.5) is 5.82 Å². The van der Waals surface area contributed by atoms with Crippen molar-refractivity contribution in [2.45, 2.75) is 52.5 Å². The number of piperidine rings is 1. The summed E-state index contributed by atoms with van der Waals surface area (Å²) in [6.07, 6.45) is 0.931. The number of nitrogens with one attached hydrogen (secondary N) is 1. The second kappa shape index (κ2) is 6.24. The number of hydrogen-bond donors (Lipinski definition) is 2. The Morgan fingerprint density at radius 2 is 2.13 bits per heavy atom. The van der Waals surface area contributed by atoms with Crippen LogP contribution in [0.1, 0.15) is 46.7 Å². The van der Waals surface area contributed by atoms with E-state index in [9.17, 15) is 4.79 Å². The minimum atomic E-state index is -0.0340. The molecule has 1 aliphatic heterocycles. The van der Waals surface area contributed by atoms with Gasteiger partial charge in [-0.3, -0.25) is 14.4 Å². The molecule has 1 unspecified atom stereocenters. The van der Waals surface area contributed by atoms with E-state index in [0.717, 1.165) is 31.0 Å². The maximum Gasteiger partial charge on any atom is 0.239 e. The molecule has 0 radical (unpaired) electrons. The average Bonchev–Trinajstić information content (AvgIpc) is 2.75. The molecule has 2 rings (SSSR count). The molecule has 0 bridgehead atoms. The molecule has 130 valence electrons. The highest BCUT2D eigenvalue weighted by molar-refractivity contribution is 5.91. The lowest BCUT2D eigenvalue weighted by molar-refractivity contribution is -0.118. The molecule has 0 spiro atoms. The topological polar surface area (TPSA) is 76.2 Å². The molecular formula is C17H31N5O. The van der Waals surface area contributed by atoms with Crippen LogP contribution in [0.2, 0.25) is 0 Å². The standard InChI is InChI=1S/C17H31N5O/c1-16(2,3)13-9-14(21(6)20-13)19-15(23)10-22-8-7-12(18)17(4,5)11-22/h9,12H,7-8,10-11,18H2,1-6H3,(H,19,23). The number of amides is 1. The summed E-state index contributed by atoms with van der Waals surface area (Å²) in [6, 6.07) is 2.15. The summed E-state index contributed by atoms with van der Waals surface area (Å²) in [7, 11) is 1.86. The quantitative estimate of drug-likeness (QED) is 0.889. The zero-order chi connectivity index (χ0) is 17.4. The molecule has 0 aliphatic carbocycles. The van der Waals surface area contributed by atoms with Gasteiger partial charge in [0.2, 0.25) is 5.91 Å². The van der Waals surface area contributed by atoms with E-state index in [2.05, 4.69) is 49.9 Å². The van der Waals surface area contributed by atoms with E-state index in [1.165, 1.54) is 0 Å². The fourth-order valence-corrected chi connectivity index (χ4v) is 2.96. The summed E-state index contributed by atoms with van der Waals surface area (Å²) < 4.78 is 1.73. The lowest BCUT2D eigenvalue weighted by Gasteiger charge is -2.42. The summed E-state index contributed by atoms with van der Waals surface area (Å²) in [5, 5.41) is 7.46. The third-order valence-electron chi connectivity index (χ3n) is 4.67. The Morgan fingerprint density at radius 1 is 1.48 bits per heavy atom.